The molecule has 4 aromatic rings. The lowest BCUT2D eigenvalue weighted by atomic mass is 9.95. The molecule has 0 unspecified atom stereocenters. The molecule has 2 aliphatic rings. The van der Waals surface area contributed by atoms with Crippen molar-refractivity contribution in [3.05, 3.63) is 107 Å². The molecule has 1 atom stereocenters. The van der Waals surface area contributed by atoms with Crippen molar-refractivity contribution in [2.45, 2.75) is 16.1 Å². The minimum Gasteiger partial charge on any atom is -0.507 e. The Morgan fingerprint density at radius 1 is 1.09 bits per heavy atom. The van der Waals surface area contributed by atoms with Crippen molar-refractivity contribution in [2.24, 2.45) is 0 Å². The molecule has 6 rings (SSSR count). The number of hydrogen-bond donors (Lipinski definition) is 1. The van der Waals surface area contributed by atoms with Gasteiger partial charge >= 0.3 is 5.91 Å². The van der Waals surface area contributed by atoms with E-state index >= 15 is 0 Å². The molecule has 0 saturated carbocycles. The van der Waals surface area contributed by atoms with Crippen LogP contribution in [0.3, 0.4) is 0 Å². The summed E-state index contributed by atoms with van der Waals surface area (Å²) >= 11 is 2.35. The molecule has 0 aliphatic carbocycles. The van der Waals surface area contributed by atoms with E-state index < -0.39 is 17.7 Å². The predicted molar refractivity (Wildman–Crippen MR) is 160 cm³/mol. The average Bonchev–Trinajstić information content (AvgIpc) is 3.60. The third kappa shape index (κ3) is 5.71. The second-order valence-electron chi connectivity index (χ2n) is 9.43. The van der Waals surface area contributed by atoms with Crippen LogP contribution in [0, 0.1) is 5.82 Å². The fraction of sp³-hybridized carbons (Fsp3) is 0.161. The molecule has 218 valence electrons. The number of Topliss-reactive ketones (excluding diaryl/α,β-unsaturated/α-hetero) is 1. The number of nitrogens with zero attached hydrogens (tertiary/aromatic N) is 3. The Labute approximate surface area is 254 Å². The summed E-state index contributed by atoms with van der Waals surface area (Å²) in [6.45, 7) is 4.66. The van der Waals surface area contributed by atoms with Crippen LogP contribution >= 0.6 is 23.1 Å². The van der Waals surface area contributed by atoms with E-state index in [2.05, 4.69) is 16.8 Å². The van der Waals surface area contributed by atoms with Gasteiger partial charge in [-0.3, -0.25) is 14.5 Å². The van der Waals surface area contributed by atoms with Gasteiger partial charge in [0, 0.05) is 11.3 Å². The summed E-state index contributed by atoms with van der Waals surface area (Å²) in [6, 6.07) is 17.1. The SMILES string of the molecule is C=CCOc1cccc([C@@H]2C(=C(O)c3ccc4c(c3)OCCO4)C(=O)C(=O)N2c2nnc(SCc3ccccc3F)s2)c1. The van der Waals surface area contributed by atoms with Gasteiger partial charge in [0.1, 0.15) is 37.1 Å². The highest BCUT2D eigenvalue weighted by molar-refractivity contribution is 8.00. The van der Waals surface area contributed by atoms with E-state index in [4.69, 9.17) is 14.2 Å². The van der Waals surface area contributed by atoms with Crippen LogP contribution in [0.2, 0.25) is 0 Å². The Morgan fingerprint density at radius 3 is 2.72 bits per heavy atom. The quantitative estimate of drug-likeness (QED) is 0.0610. The lowest BCUT2D eigenvalue weighted by molar-refractivity contribution is -0.132. The number of rotatable bonds is 9. The molecule has 0 bridgehead atoms. The summed E-state index contributed by atoms with van der Waals surface area (Å²) < 4.78 is 31.6. The molecule has 1 amide bonds. The molecule has 1 fully saturated rings. The molecule has 9 nitrogen and oxygen atoms in total. The first kappa shape index (κ1) is 28.4. The number of halogens is 1. The lowest BCUT2D eigenvalue weighted by Gasteiger charge is -2.23. The third-order valence-corrected chi connectivity index (χ3v) is 8.82. The number of ether oxygens (including phenoxy) is 3. The maximum absolute atomic E-state index is 14.1. The van der Waals surface area contributed by atoms with Gasteiger partial charge in [0.15, 0.2) is 15.8 Å². The zero-order valence-electron chi connectivity index (χ0n) is 22.6. The number of ketones is 1. The predicted octanol–water partition coefficient (Wildman–Crippen LogP) is 5.93. The van der Waals surface area contributed by atoms with Gasteiger partial charge in [-0.05, 0) is 47.5 Å². The monoisotopic (exact) mass is 617 g/mol. The third-order valence-electron chi connectivity index (χ3n) is 6.71. The number of aromatic nitrogens is 2. The molecule has 1 N–H and O–H groups in total. The van der Waals surface area contributed by atoms with E-state index in [1.807, 2.05) is 0 Å². The first-order chi connectivity index (χ1) is 20.9. The number of thioether (sulfide) groups is 1. The number of aliphatic hydroxyl groups is 1. The zero-order valence-corrected chi connectivity index (χ0v) is 24.2. The van der Waals surface area contributed by atoms with Gasteiger partial charge in [-0.15, -0.1) is 10.2 Å². The average molecular weight is 618 g/mol. The topological polar surface area (TPSA) is 111 Å². The molecule has 0 spiro atoms. The molecule has 3 heterocycles. The largest absolute Gasteiger partial charge is 0.507 e. The van der Waals surface area contributed by atoms with Crippen molar-refractivity contribution in [2.75, 3.05) is 24.7 Å². The highest BCUT2D eigenvalue weighted by atomic mass is 32.2. The fourth-order valence-corrected chi connectivity index (χ4v) is 6.59. The molecule has 0 radical (unpaired) electrons. The van der Waals surface area contributed by atoms with Crippen molar-refractivity contribution >= 4 is 45.7 Å². The first-order valence-corrected chi connectivity index (χ1v) is 15.0. The number of carbonyl (C=O) groups is 2. The highest BCUT2D eigenvalue weighted by Gasteiger charge is 2.48. The van der Waals surface area contributed by atoms with Crippen LogP contribution in [0.5, 0.6) is 17.2 Å². The van der Waals surface area contributed by atoms with Gasteiger partial charge in [0.05, 0.1) is 11.6 Å². The van der Waals surface area contributed by atoms with Crippen molar-refractivity contribution in [1.82, 2.24) is 10.2 Å². The van der Waals surface area contributed by atoms with Crippen LogP contribution in [0.25, 0.3) is 5.76 Å². The standard InChI is InChI=1S/C31H24FN3O6S2/c1-2-12-39-21-8-5-7-18(15-21)26-25(27(36)19-10-11-23-24(16-19)41-14-13-40-23)28(37)29(38)35(26)30-33-34-31(43-30)42-17-20-6-3-4-9-22(20)32/h2-11,15-16,26,36H,1,12-14,17H2/t26-/m1/s1. The summed E-state index contributed by atoms with van der Waals surface area (Å²) in [5, 5.41) is 20.1. The van der Waals surface area contributed by atoms with E-state index in [1.54, 1.807) is 66.7 Å². The summed E-state index contributed by atoms with van der Waals surface area (Å²) in [6.07, 6.45) is 1.60. The Balaban J connectivity index is 1.40. The van der Waals surface area contributed by atoms with Crippen molar-refractivity contribution < 1.29 is 33.3 Å². The summed E-state index contributed by atoms with van der Waals surface area (Å²) in [7, 11) is 0. The normalized spacial score (nSPS) is 17.2. The van der Waals surface area contributed by atoms with Gasteiger partial charge in [0.2, 0.25) is 5.13 Å². The van der Waals surface area contributed by atoms with E-state index in [0.29, 0.717) is 51.7 Å². The van der Waals surface area contributed by atoms with Gasteiger partial charge in [-0.1, -0.05) is 66.1 Å². The Kier molecular flexibility index (Phi) is 8.12. The first-order valence-electron chi connectivity index (χ1n) is 13.2. The summed E-state index contributed by atoms with van der Waals surface area (Å²) in [5.41, 5.74) is 1.17. The molecule has 2 aliphatic heterocycles. The van der Waals surface area contributed by atoms with E-state index in [9.17, 15) is 19.1 Å². The maximum atomic E-state index is 14.1. The van der Waals surface area contributed by atoms with Gasteiger partial charge in [-0.2, -0.15) is 0 Å². The molecule has 43 heavy (non-hydrogen) atoms. The molecule has 3 aromatic carbocycles. The van der Waals surface area contributed by atoms with E-state index in [0.717, 1.165) is 11.3 Å². The zero-order chi connectivity index (χ0) is 29.9. The fourth-order valence-electron chi connectivity index (χ4n) is 4.73. The summed E-state index contributed by atoms with van der Waals surface area (Å²) in [5.74, 6) is -0.740. The number of benzene rings is 3. The lowest BCUT2D eigenvalue weighted by Crippen LogP contribution is -2.29. The molecule has 12 heteroatoms. The van der Waals surface area contributed by atoms with Crippen LogP contribution in [-0.4, -0.2) is 46.8 Å². The Hall–Kier alpha value is -4.68. The number of amides is 1. The van der Waals surface area contributed by atoms with Crippen LogP contribution in [0.15, 0.2) is 89.3 Å². The molecule has 1 aromatic heterocycles. The van der Waals surface area contributed by atoms with Crippen LogP contribution in [0.4, 0.5) is 9.52 Å². The number of carbonyl (C=O) groups excluding carboxylic acids is 2. The molecular weight excluding hydrogens is 593 g/mol. The van der Waals surface area contributed by atoms with Crippen LogP contribution < -0.4 is 19.1 Å². The highest BCUT2D eigenvalue weighted by Crippen LogP contribution is 2.45. The number of aliphatic hydroxyl groups excluding tert-OH is 1. The second-order valence-corrected chi connectivity index (χ2v) is 11.6. The number of hydrogen-bond acceptors (Lipinski definition) is 10. The Bertz CT molecular complexity index is 1760. The summed E-state index contributed by atoms with van der Waals surface area (Å²) in [4.78, 5) is 28.4. The number of anilines is 1. The molecular formula is C31H24FN3O6S2. The number of fused-ring (bicyclic) bond motifs is 1. The van der Waals surface area contributed by atoms with Crippen molar-refractivity contribution in [3.63, 3.8) is 0 Å². The Morgan fingerprint density at radius 2 is 1.91 bits per heavy atom. The minimum absolute atomic E-state index is 0.127. The van der Waals surface area contributed by atoms with E-state index in [1.165, 1.54) is 22.7 Å². The van der Waals surface area contributed by atoms with E-state index in [-0.39, 0.29) is 34.5 Å². The van der Waals surface area contributed by atoms with Crippen LogP contribution in [0.1, 0.15) is 22.7 Å². The van der Waals surface area contributed by atoms with Gasteiger partial charge in [-0.25, -0.2) is 4.39 Å². The van der Waals surface area contributed by atoms with Gasteiger partial charge < -0.3 is 19.3 Å². The smallest absolute Gasteiger partial charge is 0.301 e. The van der Waals surface area contributed by atoms with Crippen molar-refractivity contribution in [1.29, 1.82) is 0 Å². The molecule has 1 saturated heterocycles. The van der Waals surface area contributed by atoms with Crippen LogP contribution in [-0.2, 0) is 15.3 Å². The maximum Gasteiger partial charge on any atom is 0.301 e. The minimum atomic E-state index is -1.04. The van der Waals surface area contributed by atoms with Crippen molar-refractivity contribution in [3.8, 4) is 17.2 Å². The second kappa shape index (κ2) is 12.3. The van der Waals surface area contributed by atoms with Gasteiger partial charge in [0.25, 0.3) is 5.78 Å².